The summed E-state index contributed by atoms with van der Waals surface area (Å²) in [5.74, 6) is 0.364. The Morgan fingerprint density at radius 3 is 2.74 bits per heavy atom. The van der Waals surface area contributed by atoms with Crippen molar-refractivity contribution < 1.29 is 8.42 Å². The van der Waals surface area contributed by atoms with Crippen molar-refractivity contribution >= 4 is 10.0 Å². The number of sulfonamides is 1. The normalized spacial score (nSPS) is 11.2. The Balaban J connectivity index is 2.64. The number of nitrogens with zero attached hydrogens (tertiary/aromatic N) is 4. The van der Waals surface area contributed by atoms with Gasteiger partial charge in [0.25, 0.3) is 15.2 Å². The van der Waals surface area contributed by atoms with Gasteiger partial charge in [-0.3, -0.25) is 4.57 Å². The van der Waals surface area contributed by atoms with E-state index in [-0.39, 0.29) is 5.16 Å². The number of rotatable bonds is 3. The van der Waals surface area contributed by atoms with Crippen molar-refractivity contribution in [1.29, 1.82) is 5.26 Å². The van der Waals surface area contributed by atoms with Gasteiger partial charge < -0.3 is 0 Å². The van der Waals surface area contributed by atoms with Crippen molar-refractivity contribution in [3.63, 3.8) is 0 Å². The zero-order chi connectivity index (χ0) is 14.0. The first-order valence-corrected chi connectivity index (χ1v) is 6.98. The molecule has 0 spiro atoms. The highest BCUT2D eigenvalue weighted by Crippen LogP contribution is 2.20. The highest BCUT2D eigenvalue weighted by Gasteiger charge is 2.20. The first-order valence-electron chi connectivity index (χ1n) is 5.44. The first-order chi connectivity index (χ1) is 8.97. The van der Waals surface area contributed by atoms with Crippen molar-refractivity contribution in [2.45, 2.75) is 18.6 Å². The molecule has 0 atom stereocenters. The minimum absolute atomic E-state index is 0.285. The molecule has 8 heteroatoms. The van der Waals surface area contributed by atoms with E-state index in [0.717, 1.165) is 0 Å². The molecule has 0 fully saturated rings. The van der Waals surface area contributed by atoms with Crippen molar-refractivity contribution in [1.82, 2.24) is 14.8 Å². The summed E-state index contributed by atoms with van der Waals surface area (Å²) in [5, 5.41) is 21.1. The van der Waals surface area contributed by atoms with E-state index in [4.69, 9.17) is 10.4 Å². The van der Waals surface area contributed by atoms with Crippen LogP contribution in [0.3, 0.4) is 0 Å². The van der Waals surface area contributed by atoms with E-state index < -0.39 is 10.0 Å². The lowest BCUT2D eigenvalue weighted by Gasteiger charge is -2.06. The molecule has 1 aromatic heterocycles. The molecule has 1 aromatic carbocycles. The second-order valence-electron chi connectivity index (χ2n) is 3.79. The standard InChI is InChI=1S/C11H11N5O2S/c1-2-16-10(14-15-11(16)19(13,17)18)9-5-3-4-8(6-9)7-12/h3-6H,2H2,1H3,(H2,13,17,18). The third-order valence-electron chi connectivity index (χ3n) is 2.54. The molecular weight excluding hydrogens is 266 g/mol. The molecule has 0 aliphatic carbocycles. The number of nitrogens with two attached hydrogens (primary N) is 1. The van der Waals surface area contributed by atoms with Crippen LogP contribution >= 0.6 is 0 Å². The topological polar surface area (TPSA) is 115 Å². The molecule has 0 bridgehead atoms. The van der Waals surface area contributed by atoms with Gasteiger partial charge in [0.05, 0.1) is 11.6 Å². The van der Waals surface area contributed by atoms with Gasteiger partial charge in [0.15, 0.2) is 5.82 Å². The van der Waals surface area contributed by atoms with Crippen LogP contribution in [0.1, 0.15) is 12.5 Å². The monoisotopic (exact) mass is 277 g/mol. The summed E-state index contributed by atoms with van der Waals surface area (Å²) in [6.07, 6.45) is 0. The Labute approximate surface area is 110 Å². The van der Waals surface area contributed by atoms with Gasteiger partial charge in [-0.25, -0.2) is 13.6 Å². The van der Waals surface area contributed by atoms with Crippen LogP contribution in [0.4, 0.5) is 0 Å². The molecule has 0 amide bonds. The van der Waals surface area contributed by atoms with E-state index >= 15 is 0 Å². The number of hydrogen-bond donors (Lipinski definition) is 1. The second-order valence-corrected chi connectivity index (χ2v) is 5.24. The number of nitriles is 1. The molecule has 19 heavy (non-hydrogen) atoms. The van der Waals surface area contributed by atoms with E-state index in [1.54, 1.807) is 31.2 Å². The summed E-state index contributed by atoms with van der Waals surface area (Å²) in [6, 6.07) is 8.69. The maximum absolute atomic E-state index is 11.4. The molecule has 2 N–H and O–H groups in total. The smallest absolute Gasteiger partial charge is 0.273 e. The van der Waals surface area contributed by atoms with E-state index in [1.807, 2.05) is 6.07 Å². The third-order valence-corrected chi connectivity index (χ3v) is 3.35. The predicted octanol–water partition coefficient (Wildman–Crippen LogP) is 0.484. The molecule has 0 saturated heterocycles. The predicted molar refractivity (Wildman–Crippen MR) is 67.2 cm³/mol. The quantitative estimate of drug-likeness (QED) is 0.876. The zero-order valence-electron chi connectivity index (χ0n) is 10.1. The maximum Gasteiger partial charge on any atom is 0.273 e. The Morgan fingerprint density at radius 2 is 2.16 bits per heavy atom. The van der Waals surface area contributed by atoms with Crippen LogP contribution in [0.5, 0.6) is 0 Å². The fourth-order valence-corrected chi connectivity index (χ4v) is 2.40. The molecule has 2 aromatic rings. The Kier molecular flexibility index (Phi) is 3.33. The molecular formula is C11H11N5O2S. The molecule has 0 radical (unpaired) electrons. The van der Waals surface area contributed by atoms with Gasteiger partial charge in [0.1, 0.15) is 0 Å². The molecule has 0 aliphatic heterocycles. The molecule has 1 heterocycles. The molecule has 2 rings (SSSR count). The lowest BCUT2D eigenvalue weighted by atomic mass is 10.1. The van der Waals surface area contributed by atoms with Gasteiger partial charge >= 0.3 is 0 Å². The average Bonchev–Trinajstić information content (AvgIpc) is 2.82. The number of primary sulfonamides is 1. The lowest BCUT2D eigenvalue weighted by molar-refractivity contribution is 0.571. The Hall–Kier alpha value is -2.24. The van der Waals surface area contributed by atoms with Gasteiger partial charge in [-0.05, 0) is 19.1 Å². The van der Waals surface area contributed by atoms with Gasteiger partial charge in [-0.1, -0.05) is 12.1 Å². The van der Waals surface area contributed by atoms with Crippen molar-refractivity contribution in [3.8, 4) is 17.5 Å². The number of hydrogen-bond acceptors (Lipinski definition) is 5. The molecule has 0 saturated carbocycles. The van der Waals surface area contributed by atoms with Crippen molar-refractivity contribution in [3.05, 3.63) is 29.8 Å². The van der Waals surface area contributed by atoms with Gasteiger partial charge in [0.2, 0.25) is 0 Å². The van der Waals surface area contributed by atoms with Crippen LogP contribution in [0, 0.1) is 11.3 Å². The number of benzene rings is 1. The summed E-state index contributed by atoms with van der Waals surface area (Å²) in [4.78, 5) is 0. The fraction of sp³-hybridized carbons (Fsp3) is 0.182. The second kappa shape index (κ2) is 4.79. The van der Waals surface area contributed by atoms with Crippen LogP contribution in [0.2, 0.25) is 0 Å². The molecule has 0 unspecified atom stereocenters. The van der Waals surface area contributed by atoms with Crippen LogP contribution in [0.25, 0.3) is 11.4 Å². The minimum Gasteiger partial charge on any atom is -0.297 e. The van der Waals surface area contributed by atoms with E-state index in [2.05, 4.69) is 10.2 Å². The first kappa shape index (κ1) is 13.2. The van der Waals surface area contributed by atoms with Crippen molar-refractivity contribution in [2.75, 3.05) is 0 Å². The Morgan fingerprint density at radius 1 is 1.42 bits per heavy atom. The minimum atomic E-state index is -3.92. The maximum atomic E-state index is 11.4. The summed E-state index contributed by atoms with van der Waals surface area (Å²) >= 11 is 0. The highest BCUT2D eigenvalue weighted by molar-refractivity contribution is 7.89. The summed E-state index contributed by atoms with van der Waals surface area (Å²) in [5.41, 5.74) is 1.07. The summed E-state index contributed by atoms with van der Waals surface area (Å²) in [7, 11) is -3.92. The summed E-state index contributed by atoms with van der Waals surface area (Å²) in [6.45, 7) is 2.11. The number of aromatic nitrogens is 3. The Bertz CT molecular complexity index is 758. The average molecular weight is 277 g/mol. The van der Waals surface area contributed by atoms with Gasteiger partial charge in [-0.2, -0.15) is 5.26 Å². The largest absolute Gasteiger partial charge is 0.297 e. The van der Waals surface area contributed by atoms with E-state index in [9.17, 15) is 8.42 Å². The van der Waals surface area contributed by atoms with Crippen LogP contribution in [-0.2, 0) is 16.6 Å². The van der Waals surface area contributed by atoms with Gasteiger partial charge in [-0.15, -0.1) is 10.2 Å². The fourth-order valence-electron chi connectivity index (χ4n) is 1.73. The molecule has 98 valence electrons. The molecule has 0 aliphatic rings. The van der Waals surface area contributed by atoms with E-state index in [0.29, 0.717) is 23.5 Å². The highest BCUT2D eigenvalue weighted by atomic mass is 32.2. The lowest BCUT2D eigenvalue weighted by Crippen LogP contribution is -2.18. The van der Waals surface area contributed by atoms with Crippen LogP contribution in [-0.4, -0.2) is 23.2 Å². The van der Waals surface area contributed by atoms with Crippen molar-refractivity contribution in [2.24, 2.45) is 5.14 Å². The SMILES string of the molecule is CCn1c(-c2cccc(C#N)c2)nnc1S(N)(=O)=O. The third kappa shape index (κ3) is 2.47. The van der Waals surface area contributed by atoms with Crippen LogP contribution < -0.4 is 5.14 Å². The zero-order valence-corrected chi connectivity index (χ0v) is 10.9. The van der Waals surface area contributed by atoms with Gasteiger partial charge in [0, 0.05) is 12.1 Å². The van der Waals surface area contributed by atoms with E-state index in [1.165, 1.54) is 4.57 Å². The van der Waals surface area contributed by atoms with Crippen LogP contribution in [0.15, 0.2) is 29.4 Å². The molecule has 7 nitrogen and oxygen atoms in total. The summed E-state index contributed by atoms with van der Waals surface area (Å²) < 4.78 is 24.2.